The normalized spacial score (nSPS) is 12.1. The van der Waals surface area contributed by atoms with E-state index in [2.05, 4.69) is 19.9 Å². The van der Waals surface area contributed by atoms with Gasteiger partial charge < -0.3 is 4.74 Å². The van der Waals surface area contributed by atoms with Gasteiger partial charge in [-0.15, -0.1) is 11.6 Å². The van der Waals surface area contributed by atoms with E-state index >= 15 is 0 Å². The summed E-state index contributed by atoms with van der Waals surface area (Å²) in [5.74, 6) is 0.743. The van der Waals surface area contributed by atoms with Crippen molar-refractivity contribution in [2.45, 2.75) is 33.1 Å². The lowest BCUT2D eigenvalue weighted by atomic mass is 10.2. The zero-order valence-electron chi connectivity index (χ0n) is 8.11. The number of halogens is 1. The molecule has 0 aliphatic heterocycles. The topological polar surface area (TPSA) is 9.23 Å². The predicted octanol–water partition coefficient (Wildman–Crippen LogP) is 3.38. The summed E-state index contributed by atoms with van der Waals surface area (Å²) in [6, 6.07) is 0. The zero-order chi connectivity index (χ0) is 9.23. The fourth-order valence-corrected chi connectivity index (χ4v) is 0.916. The largest absolute Gasteiger partial charge is 0.377 e. The van der Waals surface area contributed by atoms with E-state index in [0.717, 1.165) is 38.4 Å². The molecular weight excluding hydrogens is 172 g/mol. The van der Waals surface area contributed by atoms with Gasteiger partial charge in [0, 0.05) is 12.5 Å². The Labute approximate surface area is 80.8 Å². The highest BCUT2D eigenvalue weighted by molar-refractivity contribution is 6.17. The highest BCUT2D eigenvalue weighted by Gasteiger charge is 1.87. The second-order valence-electron chi connectivity index (χ2n) is 2.88. The fourth-order valence-electron chi connectivity index (χ4n) is 0.727. The molecule has 1 nitrogen and oxygen atoms in total. The summed E-state index contributed by atoms with van der Waals surface area (Å²) in [4.78, 5) is 0. The van der Waals surface area contributed by atoms with Gasteiger partial charge in [0.2, 0.25) is 0 Å². The van der Waals surface area contributed by atoms with Crippen LogP contribution < -0.4 is 0 Å². The Morgan fingerprint density at radius 1 is 1.42 bits per heavy atom. The van der Waals surface area contributed by atoms with Crippen LogP contribution in [0.2, 0.25) is 0 Å². The highest BCUT2D eigenvalue weighted by atomic mass is 35.5. The van der Waals surface area contributed by atoms with Gasteiger partial charge in [-0.3, -0.25) is 0 Å². The number of allylic oxidation sites excluding steroid dienone is 1. The molecular formula is C10H19ClO. The van der Waals surface area contributed by atoms with E-state index in [9.17, 15) is 0 Å². The van der Waals surface area contributed by atoms with Crippen molar-refractivity contribution in [2.24, 2.45) is 0 Å². The van der Waals surface area contributed by atoms with Gasteiger partial charge in [-0.05, 0) is 26.2 Å². The minimum Gasteiger partial charge on any atom is -0.377 e. The van der Waals surface area contributed by atoms with Crippen molar-refractivity contribution in [3.8, 4) is 0 Å². The SMILES string of the molecule is CCC(C)=CCOCCCCCl. The van der Waals surface area contributed by atoms with Crippen LogP contribution in [-0.2, 0) is 4.74 Å². The zero-order valence-corrected chi connectivity index (χ0v) is 8.86. The van der Waals surface area contributed by atoms with Crippen LogP contribution in [-0.4, -0.2) is 19.1 Å². The Morgan fingerprint density at radius 3 is 2.75 bits per heavy atom. The second kappa shape index (κ2) is 9.08. The maximum atomic E-state index is 5.52. The van der Waals surface area contributed by atoms with Crippen molar-refractivity contribution in [3.05, 3.63) is 11.6 Å². The van der Waals surface area contributed by atoms with E-state index < -0.39 is 0 Å². The molecule has 0 aliphatic rings. The summed E-state index contributed by atoms with van der Waals surface area (Å²) in [5, 5.41) is 0. The Bertz CT molecular complexity index is 121. The Morgan fingerprint density at radius 2 is 2.17 bits per heavy atom. The van der Waals surface area contributed by atoms with E-state index in [4.69, 9.17) is 16.3 Å². The molecule has 0 bridgehead atoms. The molecule has 0 fully saturated rings. The van der Waals surface area contributed by atoms with Crippen LogP contribution in [0.5, 0.6) is 0 Å². The van der Waals surface area contributed by atoms with Crippen molar-refractivity contribution < 1.29 is 4.74 Å². The number of hydrogen-bond acceptors (Lipinski definition) is 1. The third-order valence-electron chi connectivity index (χ3n) is 1.78. The molecule has 0 aliphatic carbocycles. The van der Waals surface area contributed by atoms with Gasteiger partial charge in [-0.2, -0.15) is 0 Å². The molecule has 0 rings (SSSR count). The van der Waals surface area contributed by atoms with Crippen LogP contribution in [0.1, 0.15) is 33.1 Å². The molecule has 0 radical (unpaired) electrons. The van der Waals surface area contributed by atoms with Crippen LogP contribution in [0.25, 0.3) is 0 Å². The summed E-state index contributed by atoms with van der Waals surface area (Å²) in [6.07, 6.45) is 5.38. The molecule has 0 aromatic heterocycles. The van der Waals surface area contributed by atoms with Crippen LogP contribution in [0, 0.1) is 0 Å². The van der Waals surface area contributed by atoms with E-state index in [1.165, 1.54) is 5.57 Å². The molecule has 0 spiro atoms. The monoisotopic (exact) mass is 190 g/mol. The summed E-state index contributed by atoms with van der Waals surface area (Å²) in [7, 11) is 0. The van der Waals surface area contributed by atoms with E-state index in [-0.39, 0.29) is 0 Å². The second-order valence-corrected chi connectivity index (χ2v) is 3.25. The number of hydrogen-bond donors (Lipinski definition) is 0. The third kappa shape index (κ3) is 8.09. The van der Waals surface area contributed by atoms with Crippen molar-refractivity contribution in [1.82, 2.24) is 0 Å². The van der Waals surface area contributed by atoms with Gasteiger partial charge >= 0.3 is 0 Å². The van der Waals surface area contributed by atoms with Crippen molar-refractivity contribution in [1.29, 1.82) is 0 Å². The minimum atomic E-state index is 0.743. The smallest absolute Gasteiger partial charge is 0.0649 e. The van der Waals surface area contributed by atoms with Crippen molar-refractivity contribution in [3.63, 3.8) is 0 Å². The van der Waals surface area contributed by atoms with Crippen molar-refractivity contribution in [2.75, 3.05) is 19.1 Å². The van der Waals surface area contributed by atoms with E-state index in [1.807, 2.05) is 0 Å². The molecule has 0 saturated carbocycles. The number of unbranched alkanes of at least 4 members (excludes halogenated alkanes) is 1. The first-order valence-electron chi connectivity index (χ1n) is 4.60. The maximum absolute atomic E-state index is 5.52. The average Bonchev–Trinajstić information content (AvgIpc) is 2.10. The van der Waals surface area contributed by atoms with Crippen LogP contribution in [0.3, 0.4) is 0 Å². The van der Waals surface area contributed by atoms with Gasteiger partial charge in [-0.25, -0.2) is 0 Å². The molecule has 0 saturated heterocycles. The molecule has 0 N–H and O–H groups in total. The minimum absolute atomic E-state index is 0.743. The third-order valence-corrected chi connectivity index (χ3v) is 2.05. The summed E-state index contributed by atoms with van der Waals surface area (Å²) in [5.41, 5.74) is 1.40. The lowest BCUT2D eigenvalue weighted by molar-refractivity contribution is 0.158. The maximum Gasteiger partial charge on any atom is 0.0649 e. The lowest BCUT2D eigenvalue weighted by Gasteiger charge is -2.00. The molecule has 0 atom stereocenters. The van der Waals surface area contributed by atoms with Gasteiger partial charge in [0.15, 0.2) is 0 Å². The molecule has 0 amide bonds. The average molecular weight is 191 g/mol. The number of alkyl halides is 1. The molecule has 0 unspecified atom stereocenters. The van der Waals surface area contributed by atoms with Gasteiger partial charge in [0.25, 0.3) is 0 Å². The Balaban J connectivity index is 3.10. The highest BCUT2D eigenvalue weighted by Crippen LogP contribution is 1.98. The van der Waals surface area contributed by atoms with Crippen LogP contribution in [0.4, 0.5) is 0 Å². The first kappa shape index (κ1) is 12.0. The molecule has 2 heteroatoms. The standard InChI is InChI=1S/C10H19ClO/c1-3-10(2)6-9-12-8-5-4-7-11/h6H,3-5,7-9H2,1-2H3. The molecule has 0 aromatic carbocycles. The predicted molar refractivity (Wildman–Crippen MR) is 54.8 cm³/mol. The van der Waals surface area contributed by atoms with Crippen molar-refractivity contribution >= 4 is 11.6 Å². The van der Waals surface area contributed by atoms with Gasteiger partial charge in [0.1, 0.15) is 0 Å². The lowest BCUT2D eigenvalue weighted by Crippen LogP contribution is -1.95. The van der Waals surface area contributed by atoms with E-state index in [1.54, 1.807) is 0 Å². The molecule has 72 valence electrons. The molecule has 0 aromatic rings. The molecule has 0 heterocycles. The summed E-state index contributed by atoms with van der Waals surface area (Å²) >= 11 is 5.52. The van der Waals surface area contributed by atoms with Gasteiger partial charge in [-0.1, -0.05) is 18.6 Å². The number of rotatable bonds is 7. The van der Waals surface area contributed by atoms with Gasteiger partial charge in [0.05, 0.1) is 6.61 Å². The summed E-state index contributed by atoms with van der Waals surface area (Å²) < 4.78 is 5.37. The Hall–Kier alpha value is -0.0100. The summed E-state index contributed by atoms with van der Waals surface area (Å²) in [6.45, 7) is 5.86. The fraction of sp³-hybridized carbons (Fsp3) is 0.800. The first-order chi connectivity index (χ1) is 5.81. The van der Waals surface area contributed by atoms with Crippen LogP contribution >= 0.6 is 11.6 Å². The molecule has 12 heavy (non-hydrogen) atoms. The van der Waals surface area contributed by atoms with Crippen LogP contribution in [0.15, 0.2) is 11.6 Å². The Kier molecular flexibility index (Phi) is 9.07. The quantitative estimate of drug-likeness (QED) is 0.340. The number of ether oxygens (including phenoxy) is 1. The first-order valence-corrected chi connectivity index (χ1v) is 5.14. The van der Waals surface area contributed by atoms with E-state index in [0.29, 0.717) is 0 Å².